The van der Waals surface area contributed by atoms with Crippen LogP contribution in [0.2, 0.25) is 5.02 Å². The summed E-state index contributed by atoms with van der Waals surface area (Å²) in [5.41, 5.74) is 3.65. The molecule has 1 N–H and O–H groups in total. The molecule has 186 valence electrons. The average molecular weight is 521 g/mol. The quantitative estimate of drug-likeness (QED) is 0.223. The third kappa shape index (κ3) is 6.09. The molecular weight excluding hydrogens is 492 g/mol. The first-order valence-corrected chi connectivity index (χ1v) is 13.3. The summed E-state index contributed by atoms with van der Waals surface area (Å²) in [4.78, 5) is 12.7. The van der Waals surface area contributed by atoms with Crippen LogP contribution in [-0.4, -0.2) is 33.0 Å². The van der Waals surface area contributed by atoms with Gasteiger partial charge in [-0.2, -0.15) is 0 Å². The lowest BCUT2D eigenvalue weighted by Crippen LogP contribution is -2.14. The Balaban J connectivity index is 1.55. The van der Waals surface area contributed by atoms with Gasteiger partial charge in [-0.3, -0.25) is 9.36 Å². The van der Waals surface area contributed by atoms with Crippen LogP contribution in [0.1, 0.15) is 38.7 Å². The molecule has 0 unspecified atom stereocenters. The molecule has 0 aliphatic heterocycles. The number of halogens is 1. The Morgan fingerprint density at radius 2 is 1.75 bits per heavy atom. The first kappa shape index (κ1) is 25.8. The number of hydrogen-bond donors (Lipinski definition) is 1. The molecule has 1 aromatic heterocycles. The summed E-state index contributed by atoms with van der Waals surface area (Å²) in [6.45, 7) is 6.90. The number of nitrogens with zero attached hydrogens (tertiary/aromatic N) is 3. The van der Waals surface area contributed by atoms with E-state index in [-0.39, 0.29) is 11.7 Å². The highest BCUT2D eigenvalue weighted by Crippen LogP contribution is 2.32. The van der Waals surface area contributed by atoms with Gasteiger partial charge in [0, 0.05) is 16.9 Å². The number of benzene rings is 3. The number of rotatable bonds is 10. The van der Waals surface area contributed by atoms with Crippen LogP contribution in [0.4, 0.5) is 5.69 Å². The van der Waals surface area contributed by atoms with Crippen LogP contribution in [0, 0.1) is 0 Å². The van der Waals surface area contributed by atoms with Crippen molar-refractivity contribution in [1.29, 1.82) is 0 Å². The lowest BCUT2D eigenvalue weighted by Gasteiger charge is -2.12. The highest BCUT2D eigenvalue weighted by Gasteiger charge is 2.19. The third-order valence-corrected chi connectivity index (χ3v) is 7.12. The Morgan fingerprint density at radius 1 is 1.03 bits per heavy atom. The van der Waals surface area contributed by atoms with Gasteiger partial charge in [0.15, 0.2) is 11.0 Å². The Morgan fingerprint density at radius 3 is 2.42 bits per heavy atom. The maximum atomic E-state index is 12.7. The van der Waals surface area contributed by atoms with Crippen LogP contribution in [0.3, 0.4) is 0 Å². The van der Waals surface area contributed by atoms with Gasteiger partial charge in [0.1, 0.15) is 5.75 Å². The summed E-state index contributed by atoms with van der Waals surface area (Å²) >= 11 is 7.80. The fourth-order valence-electron chi connectivity index (χ4n) is 3.73. The first-order chi connectivity index (χ1) is 17.5. The first-order valence-electron chi connectivity index (χ1n) is 12.0. The predicted molar refractivity (Wildman–Crippen MR) is 147 cm³/mol. The second-order valence-electron chi connectivity index (χ2n) is 8.32. The number of carbonyl (C=O) groups is 1. The average Bonchev–Trinajstić information content (AvgIpc) is 3.32. The van der Waals surface area contributed by atoms with Gasteiger partial charge < -0.3 is 10.1 Å². The molecule has 0 spiro atoms. The van der Waals surface area contributed by atoms with Crippen molar-refractivity contribution in [2.45, 2.75) is 38.3 Å². The zero-order valence-electron chi connectivity index (χ0n) is 20.6. The van der Waals surface area contributed by atoms with Gasteiger partial charge in [-0.05, 0) is 73.4 Å². The van der Waals surface area contributed by atoms with E-state index >= 15 is 0 Å². The Labute approximate surface area is 221 Å². The highest BCUT2D eigenvalue weighted by atomic mass is 35.5. The summed E-state index contributed by atoms with van der Waals surface area (Å²) in [6.07, 6.45) is 1.08. The van der Waals surface area contributed by atoms with E-state index in [1.165, 1.54) is 17.3 Å². The SMILES string of the molecule is CCOc1ccc(-n2c(SCC(=O)Nc3ccc([C@@H](C)CC)cc3)nnc2-c2ccccc2Cl)cc1. The topological polar surface area (TPSA) is 69.0 Å². The summed E-state index contributed by atoms with van der Waals surface area (Å²) in [6, 6.07) is 23.2. The molecule has 36 heavy (non-hydrogen) atoms. The zero-order valence-corrected chi connectivity index (χ0v) is 22.1. The van der Waals surface area contributed by atoms with E-state index in [2.05, 4.69) is 41.5 Å². The van der Waals surface area contributed by atoms with Crippen molar-refractivity contribution in [3.05, 3.63) is 83.4 Å². The predicted octanol–water partition coefficient (Wildman–Crippen LogP) is 7.23. The lowest BCUT2D eigenvalue weighted by molar-refractivity contribution is -0.113. The van der Waals surface area contributed by atoms with Gasteiger partial charge in [-0.25, -0.2) is 0 Å². The van der Waals surface area contributed by atoms with Crippen molar-refractivity contribution >= 4 is 35.0 Å². The van der Waals surface area contributed by atoms with Crippen molar-refractivity contribution in [1.82, 2.24) is 14.8 Å². The number of aromatic nitrogens is 3. The third-order valence-electron chi connectivity index (χ3n) is 5.86. The fraction of sp³-hybridized carbons (Fsp3) is 0.250. The summed E-state index contributed by atoms with van der Waals surface area (Å²) in [5, 5.41) is 13.0. The number of ether oxygens (including phenoxy) is 1. The van der Waals surface area contributed by atoms with E-state index < -0.39 is 0 Å². The molecule has 6 nitrogen and oxygen atoms in total. The lowest BCUT2D eigenvalue weighted by atomic mass is 9.99. The second-order valence-corrected chi connectivity index (χ2v) is 9.67. The van der Waals surface area contributed by atoms with Crippen LogP contribution >= 0.6 is 23.4 Å². The van der Waals surface area contributed by atoms with Crippen LogP contribution < -0.4 is 10.1 Å². The summed E-state index contributed by atoms with van der Waals surface area (Å²) < 4.78 is 7.50. The standard InChI is InChI=1S/C28H29ClN4O2S/c1-4-19(3)20-10-12-21(13-11-20)30-26(34)18-36-28-32-31-27(24-8-6-7-9-25(24)29)33(28)22-14-16-23(17-15-22)35-5-2/h6-17,19H,4-5,18H2,1-3H3,(H,30,34)/t19-/m0/s1. The number of anilines is 1. The zero-order chi connectivity index (χ0) is 25.5. The van der Waals surface area contributed by atoms with Gasteiger partial charge in [-0.15, -0.1) is 10.2 Å². The van der Waals surface area contributed by atoms with Gasteiger partial charge in [0.25, 0.3) is 0 Å². The molecule has 8 heteroatoms. The minimum Gasteiger partial charge on any atom is -0.494 e. The Bertz CT molecular complexity index is 1310. The monoisotopic (exact) mass is 520 g/mol. The van der Waals surface area contributed by atoms with Crippen molar-refractivity contribution in [3.63, 3.8) is 0 Å². The maximum Gasteiger partial charge on any atom is 0.234 e. The van der Waals surface area contributed by atoms with Gasteiger partial charge in [0.2, 0.25) is 5.91 Å². The number of hydrogen-bond acceptors (Lipinski definition) is 5. The normalized spacial score (nSPS) is 11.8. The van der Waals surface area contributed by atoms with E-state index in [0.717, 1.165) is 29.1 Å². The van der Waals surface area contributed by atoms with E-state index in [9.17, 15) is 4.79 Å². The number of nitrogens with one attached hydrogen (secondary N) is 1. The fourth-order valence-corrected chi connectivity index (χ4v) is 4.70. The molecule has 0 bridgehead atoms. The minimum absolute atomic E-state index is 0.114. The highest BCUT2D eigenvalue weighted by molar-refractivity contribution is 7.99. The Hall–Kier alpha value is -3.29. The molecule has 0 fully saturated rings. The van der Waals surface area contributed by atoms with Crippen LogP contribution in [0.25, 0.3) is 17.1 Å². The largest absolute Gasteiger partial charge is 0.494 e. The molecule has 0 saturated carbocycles. The molecule has 1 atom stereocenters. The molecule has 4 rings (SSSR count). The molecule has 1 amide bonds. The van der Waals surface area contributed by atoms with Crippen molar-refractivity contribution in [3.8, 4) is 22.8 Å². The maximum absolute atomic E-state index is 12.7. The second kappa shape index (κ2) is 12.1. The molecule has 0 aliphatic rings. The molecule has 3 aromatic carbocycles. The van der Waals surface area contributed by atoms with Crippen molar-refractivity contribution < 1.29 is 9.53 Å². The minimum atomic E-state index is -0.114. The van der Waals surface area contributed by atoms with Gasteiger partial charge in [0.05, 0.1) is 17.4 Å². The molecule has 0 aliphatic carbocycles. The number of thioether (sulfide) groups is 1. The van der Waals surface area contributed by atoms with Crippen LogP contribution in [0.15, 0.2) is 78.0 Å². The number of carbonyl (C=O) groups excluding carboxylic acids is 1. The van der Waals surface area contributed by atoms with E-state index in [1.807, 2.05) is 72.2 Å². The van der Waals surface area contributed by atoms with Gasteiger partial charge >= 0.3 is 0 Å². The Kier molecular flexibility index (Phi) is 8.67. The molecule has 4 aromatic rings. The smallest absolute Gasteiger partial charge is 0.234 e. The van der Waals surface area contributed by atoms with E-state index in [4.69, 9.17) is 16.3 Å². The van der Waals surface area contributed by atoms with Crippen LogP contribution in [0.5, 0.6) is 5.75 Å². The molecule has 1 heterocycles. The van der Waals surface area contributed by atoms with Gasteiger partial charge in [-0.1, -0.05) is 61.5 Å². The van der Waals surface area contributed by atoms with Crippen molar-refractivity contribution in [2.24, 2.45) is 0 Å². The summed E-state index contributed by atoms with van der Waals surface area (Å²) in [7, 11) is 0. The number of amides is 1. The molecule has 0 radical (unpaired) electrons. The van der Waals surface area contributed by atoms with E-state index in [1.54, 1.807) is 0 Å². The van der Waals surface area contributed by atoms with Crippen LogP contribution in [-0.2, 0) is 4.79 Å². The summed E-state index contributed by atoms with van der Waals surface area (Å²) in [5.74, 6) is 1.95. The molecule has 0 saturated heterocycles. The molecular formula is C28H29ClN4O2S. The van der Waals surface area contributed by atoms with Crippen molar-refractivity contribution in [2.75, 3.05) is 17.7 Å². The van der Waals surface area contributed by atoms with E-state index in [0.29, 0.717) is 28.5 Å².